The third-order valence-electron chi connectivity index (χ3n) is 5.10. The molecule has 0 heterocycles. The Morgan fingerprint density at radius 2 is 1.50 bits per heavy atom. The Kier molecular flexibility index (Phi) is 6.92. The molecular formula is C25H23N4O3. The predicted molar refractivity (Wildman–Crippen MR) is 123 cm³/mol. The number of carbonyl (C=O) groups excluding carboxylic acids is 3. The van der Waals surface area contributed by atoms with Crippen LogP contribution in [-0.4, -0.2) is 35.9 Å². The minimum absolute atomic E-state index is 0.110. The van der Waals surface area contributed by atoms with Crippen LogP contribution >= 0.6 is 0 Å². The van der Waals surface area contributed by atoms with Gasteiger partial charge in [-0.3, -0.25) is 24.7 Å². The Morgan fingerprint density at radius 3 is 2.06 bits per heavy atom. The number of amidine groups is 1. The molecule has 0 bridgehead atoms. The molecule has 1 atom stereocenters. The van der Waals surface area contributed by atoms with Crippen LogP contribution in [0.1, 0.15) is 21.5 Å². The number of amides is 1. The van der Waals surface area contributed by atoms with E-state index in [0.29, 0.717) is 16.8 Å². The van der Waals surface area contributed by atoms with Gasteiger partial charge in [-0.05, 0) is 23.8 Å². The summed E-state index contributed by atoms with van der Waals surface area (Å²) in [5.74, 6) is -1.47. The van der Waals surface area contributed by atoms with Gasteiger partial charge in [0.25, 0.3) is 0 Å². The minimum Gasteiger partial charge on any atom is -0.384 e. The first-order valence-corrected chi connectivity index (χ1v) is 9.93. The number of para-hydroxylation sites is 1. The Morgan fingerprint density at radius 1 is 0.906 bits per heavy atom. The van der Waals surface area contributed by atoms with Crippen molar-refractivity contribution in [1.82, 2.24) is 0 Å². The molecule has 7 nitrogen and oxygen atoms in total. The van der Waals surface area contributed by atoms with Crippen molar-refractivity contribution >= 4 is 29.5 Å². The highest BCUT2D eigenvalue weighted by Gasteiger charge is 2.48. The fourth-order valence-corrected chi connectivity index (χ4v) is 3.59. The molecule has 0 spiro atoms. The number of nitrogens with zero attached hydrogens (tertiary/aromatic N) is 1. The van der Waals surface area contributed by atoms with Gasteiger partial charge in [0.1, 0.15) is 5.84 Å². The lowest BCUT2D eigenvalue weighted by molar-refractivity contribution is -0.118. The largest absolute Gasteiger partial charge is 0.384 e. The molecule has 1 amide bonds. The Labute approximate surface area is 186 Å². The summed E-state index contributed by atoms with van der Waals surface area (Å²) < 4.78 is 0. The summed E-state index contributed by atoms with van der Waals surface area (Å²) in [4.78, 5) is 40.7. The molecule has 3 rings (SSSR count). The number of anilines is 1. The van der Waals surface area contributed by atoms with E-state index in [4.69, 9.17) is 16.9 Å². The first kappa shape index (κ1) is 22.6. The molecule has 0 saturated heterocycles. The molecule has 161 valence electrons. The highest BCUT2D eigenvalue weighted by Crippen LogP contribution is 2.30. The summed E-state index contributed by atoms with van der Waals surface area (Å²) in [5.41, 5.74) is 10.7. The Bertz CT molecular complexity index is 1130. The molecule has 3 aromatic rings. The average Bonchev–Trinajstić information content (AvgIpc) is 2.84. The number of ketones is 1. The third kappa shape index (κ3) is 4.48. The molecule has 32 heavy (non-hydrogen) atoms. The number of nitrogens with one attached hydrogen (secondary N) is 1. The summed E-state index contributed by atoms with van der Waals surface area (Å²) in [6.45, 7) is -0.409. The summed E-state index contributed by atoms with van der Waals surface area (Å²) in [5, 5.41) is 7.68. The number of hydrogen-bond donors (Lipinski definition) is 3. The van der Waals surface area contributed by atoms with Crippen LogP contribution in [0.15, 0.2) is 84.9 Å². The molecule has 0 aliphatic carbocycles. The highest BCUT2D eigenvalue weighted by molar-refractivity contribution is 6.20. The maximum Gasteiger partial charge on any atom is 0.242 e. The van der Waals surface area contributed by atoms with Crippen LogP contribution in [0.5, 0.6) is 0 Å². The van der Waals surface area contributed by atoms with Gasteiger partial charge in [0.05, 0.1) is 6.54 Å². The van der Waals surface area contributed by atoms with Crippen molar-refractivity contribution in [3.8, 4) is 0 Å². The van der Waals surface area contributed by atoms with Crippen molar-refractivity contribution in [1.29, 1.82) is 5.41 Å². The van der Waals surface area contributed by atoms with Gasteiger partial charge in [-0.25, -0.2) is 0 Å². The molecule has 7 heteroatoms. The molecule has 0 fully saturated rings. The fraction of sp³-hybridized carbons (Fsp3) is 0.120. The van der Waals surface area contributed by atoms with Crippen LogP contribution < -0.4 is 16.4 Å². The van der Waals surface area contributed by atoms with Crippen LogP contribution in [0.4, 0.5) is 5.69 Å². The molecule has 5 N–H and O–H groups in total. The van der Waals surface area contributed by atoms with Crippen LogP contribution in [-0.2, 0) is 16.0 Å². The third-order valence-corrected chi connectivity index (χ3v) is 5.10. The van der Waals surface area contributed by atoms with Gasteiger partial charge < -0.3 is 11.5 Å². The van der Waals surface area contributed by atoms with Crippen molar-refractivity contribution in [2.24, 2.45) is 11.5 Å². The van der Waals surface area contributed by atoms with Crippen LogP contribution in [0.25, 0.3) is 0 Å². The average molecular weight is 427 g/mol. The number of carbonyl (C=O) groups is 2. The van der Waals surface area contributed by atoms with Gasteiger partial charge in [0.2, 0.25) is 12.2 Å². The van der Waals surface area contributed by atoms with Gasteiger partial charge in [-0.2, -0.15) is 0 Å². The van der Waals surface area contributed by atoms with E-state index < -0.39 is 23.8 Å². The standard InChI is InChI=1S/C25H23N4O3/c26-16-22(31)29(21-12-5-2-6-13-21)25(17-30,15-18-8-3-1-4-9-18)23(32)19-10-7-11-20(14-19)24(27)28/h1-14H,15-16,26H2,(H3,27,28)/t25-/m1/s1. The molecular weight excluding hydrogens is 404 g/mol. The summed E-state index contributed by atoms with van der Waals surface area (Å²) in [7, 11) is 0. The van der Waals surface area contributed by atoms with E-state index in [1.54, 1.807) is 66.7 Å². The van der Waals surface area contributed by atoms with E-state index in [0.717, 1.165) is 4.90 Å². The van der Waals surface area contributed by atoms with Crippen LogP contribution in [0, 0.1) is 5.41 Å². The van der Waals surface area contributed by atoms with E-state index in [1.165, 1.54) is 12.1 Å². The monoisotopic (exact) mass is 427 g/mol. The molecule has 1 radical (unpaired) electrons. The van der Waals surface area contributed by atoms with Gasteiger partial charge in [0.15, 0.2) is 11.3 Å². The Hall–Kier alpha value is -4.10. The first-order valence-electron chi connectivity index (χ1n) is 9.93. The molecule has 0 aliphatic rings. The van der Waals surface area contributed by atoms with Crippen LogP contribution in [0.2, 0.25) is 0 Å². The summed E-state index contributed by atoms with van der Waals surface area (Å²) in [6.07, 6.45) is 1.78. The predicted octanol–water partition coefficient (Wildman–Crippen LogP) is 2.24. The number of hydrogen-bond acceptors (Lipinski definition) is 5. The van der Waals surface area contributed by atoms with Gasteiger partial charge >= 0.3 is 0 Å². The van der Waals surface area contributed by atoms with Gasteiger partial charge in [-0.1, -0.05) is 66.7 Å². The Balaban J connectivity index is 2.25. The van der Waals surface area contributed by atoms with E-state index in [2.05, 4.69) is 0 Å². The minimum atomic E-state index is -2.02. The molecule has 0 aromatic heterocycles. The van der Waals surface area contributed by atoms with Crippen molar-refractivity contribution in [3.05, 3.63) is 102 Å². The van der Waals surface area contributed by atoms with E-state index >= 15 is 0 Å². The van der Waals surface area contributed by atoms with Gasteiger partial charge in [-0.15, -0.1) is 0 Å². The van der Waals surface area contributed by atoms with E-state index in [9.17, 15) is 14.4 Å². The van der Waals surface area contributed by atoms with Crippen molar-refractivity contribution in [2.45, 2.75) is 12.0 Å². The number of benzene rings is 3. The number of Topliss-reactive ketones (excluding diaryl/α,β-unsaturated/α-hetero) is 1. The lowest BCUT2D eigenvalue weighted by atomic mass is 9.82. The second-order valence-corrected chi connectivity index (χ2v) is 7.22. The second kappa shape index (κ2) is 9.80. The van der Waals surface area contributed by atoms with E-state index in [1.807, 2.05) is 12.4 Å². The van der Waals surface area contributed by atoms with Crippen molar-refractivity contribution in [2.75, 3.05) is 11.4 Å². The number of rotatable bonds is 9. The fourth-order valence-electron chi connectivity index (χ4n) is 3.59. The topological polar surface area (TPSA) is 130 Å². The zero-order valence-corrected chi connectivity index (χ0v) is 17.3. The highest BCUT2D eigenvalue weighted by atomic mass is 16.2. The summed E-state index contributed by atoms with van der Waals surface area (Å²) >= 11 is 0. The summed E-state index contributed by atoms with van der Waals surface area (Å²) in [6, 6.07) is 23.4. The smallest absolute Gasteiger partial charge is 0.242 e. The molecule has 0 aliphatic heterocycles. The van der Waals surface area contributed by atoms with Crippen LogP contribution in [0.3, 0.4) is 0 Å². The normalized spacial score (nSPS) is 12.4. The molecule has 3 aromatic carbocycles. The quantitative estimate of drug-likeness (QED) is 0.209. The molecule has 0 unspecified atom stereocenters. The lowest BCUT2D eigenvalue weighted by Gasteiger charge is -2.38. The zero-order valence-electron chi connectivity index (χ0n) is 17.3. The molecule has 0 saturated carbocycles. The van der Waals surface area contributed by atoms with E-state index in [-0.39, 0.29) is 17.8 Å². The number of nitrogen functional groups attached to an aromatic ring is 1. The second-order valence-electron chi connectivity index (χ2n) is 7.22. The SMILES string of the molecule is N=C(N)c1cccc(C(=O)[C@]([C]=O)(Cc2ccccc2)N(C(=O)CN)c2ccccc2)c1. The maximum absolute atomic E-state index is 13.9. The number of nitrogens with two attached hydrogens (primary N) is 2. The van der Waals surface area contributed by atoms with Crippen molar-refractivity contribution < 1.29 is 14.4 Å². The lowest BCUT2D eigenvalue weighted by Crippen LogP contribution is -2.61. The van der Waals surface area contributed by atoms with Gasteiger partial charge in [0, 0.05) is 23.2 Å². The zero-order chi connectivity index (χ0) is 23.1. The first-order chi connectivity index (χ1) is 15.4. The van der Waals surface area contributed by atoms with Crippen molar-refractivity contribution in [3.63, 3.8) is 0 Å². The maximum atomic E-state index is 13.9.